The third kappa shape index (κ3) is 1.96. The fourth-order valence-corrected chi connectivity index (χ4v) is 1.90. The molecule has 2 rings (SSSR count). The number of nitrogens with one attached hydrogen (secondary N) is 1. The predicted octanol–water partition coefficient (Wildman–Crippen LogP) is 2.61. The minimum atomic E-state index is 0.321. The third-order valence-corrected chi connectivity index (χ3v) is 2.93. The van der Waals surface area contributed by atoms with Gasteiger partial charge in [-0.25, -0.2) is 4.98 Å². The number of rotatable bonds is 3. The zero-order chi connectivity index (χ0) is 12.4. The normalized spacial score (nSPS) is 10.5. The number of aromatic nitrogens is 2. The van der Waals surface area contributed by atoms with Crippen molar-refractivity contribution in [3.63, 3.8) is 0 Å². The molecule has 4 nitrogen and oxygen atoms in total. The van der Waals surface area contributed by atoms with Crippen LogP contribution in [-0.4, -0.2) is 16.1 Å². The highest BCUT2D eigenvalue weighted by Gasteiger charge is 2.10. The molecule has 0 aliphatic rings. The van der Waals surface area contributed by atoms with Crippen LogP contribution in [0.3, 0.4) is 0 Å². The number of nitriles is 1. The van der Waals surface area contributed by atoms with Gasteiger partial charge in [0, 0.05) is 6.54 Å². The molecule has 0 aliphatic heterocycles. The number of fused-ring (bicyclic) bond motifs is 1. The van der Waals surface area contributed by atoms with Crippen molar-refractivity contribution in [2.45, 2.75) is 27.3 Å². The Hall–Kier alpha value is -2.02. The number of hydrogen-bond acceptors (Lipinski definition) is 3. The second kappa shape index (κ2) is 4.46. The molecule has 88 valence electrons. The van der Waals surface area contributed by atoms with Crippen LogP contribution in [0.1, 0.15) is 18.1 Å². The van der Waals surface area contributed by atoms with Crippen LogP contribution in [0.15, 0.2) is 12.1 Å². The lowest BCUT2D eigenvalue weighted by molar-refractivity contribution is 0.858. The van der Waals surface area contributed by atoms with Gasteiger partial charge < -0.3 is 5.32 Å². The van der Waals surface area contributed by atoms with Gasteiger partial charge in [0.15, 0.2) is 0 Å². The van der Waals surface area contributed by atoms with Crippen molar-refractivity contribution < 1.29 is 0 Å². The second-order valence-corrected chi connectivity index (χ2v) is 4.14. The zero-order valence-electron chi connectivity index (χ0n) is 10.4. The Morgan fingerprint density at radius 1 is 1.35 bits per heavy atom. The Labute approximate surface area is 101 Å². The minimum Gasteiger partial charge on any atom is -0.356 e. The first-order valence-corrected chi connectivity index (χ1v) is 5.75. The van der Waals surface area contributed by atoms with E-state index in [1.54, 1.807) is 0 Å². The van der Waals surface area contributed by atoms with Crippen molar-refractivity contribution in [1.29, 1.82) is 5.26 Å². The molecule has 4 heteroatoms. The van der Waals surface area contributed by atoms with Gasteiger partial charge in [-0.1, -0.05) is 0 Å². The molecule has 0 radical (unpaired) electrons. The number of hydrogen-bond donors (Lipinski definition) is 1. The fraction of sp³-hybridized carbons (Fsp3) is 0.385. The Morgan fingerprint density at radius 2 is 2.06 bits per heavy atom. The molecule has 1 N–H and O–H groups in total. The van der Waals surface area contributed by atoms with E-state index in [0.717, 1.165) is 23.5 Å². The van der Waals surface area contributed by atoms with E-state index in [4.69, 9.17) is 5.26 Å². The predicted molar refractivity (Wildman–Crippen MR) is 69.0 cm³/mol. The van der Waals surface area contributed by atoms with Gasteiger partial charge in [-0.05, 0) is 44.0 Å². The van der Waals surface area contributed by atoms with E-state index in [1.807, 2.05) is 11.5 Å². The van der Waals surface area contributed by atoms with Crippen LogP contribution in [0.2, 0.25) is 0 Å². The van der Waals surface area contributed by atoms with E-state index in [0.29, 0.717) is 6.54 Å². The van der Waals surface area contributed by atoms with Gasteiger partial charge in [0.05, 0.1) is 17.1 Å². The first kappa shape index (κ1) is 11.5. The van der Waals surface area contributed by atoms with Gasteiger partial charge in [0.25, 0.3) is 0 Å². The number of imidazole rings is 1. The van der Waals surface area contributed by atoms with Crippen molar-refractivity contribution in [3.8, 4) is 6.07 Å². The molecule has 1 aromatic carbocycles. The number of anilines is 1. The van der Waals surface area contributed by atoms with Crippen LogP contribution < -0.4 is 5.32 Å². The van der Waals surface area contributed by atoms with Crippen molar-refractivity contribution in [1.82, 2.24) is 9.55 Å². The van der Waals surface area contributed by atoms with Gasteiger partial charge in [0.2, 0.25) is 5.95 Å². The van der Waals surface area contributed by atoms with Crippen LogP contribution in [0.5, 0.6) is 0 Å². The summed E-state index contributed by atoms with van der Waals surface area (Å²) in [5.74, 6) is 0.772. The molecule has 17 heavy (non-hydrogen) atoms. The lowest BCUT2D eigenvalue weighted by Crippen LogP contribution is -2.06. The molecular formula is C13H16N4. The molecule has 0 fully saturated rings. The van der Waals surface area contributed by atoms with Crippen LogP contribution in [0.25, 0.3) is 11.0 Å². The highest BCUT2D eigenvalue weighted by molar-refractivity contribution is 5.80. The first-order chi connectivity index (χ1) is 8.17. The van der Waals surface area contributed by atoms with Gasteiger partial charge in [-0.3, -0.25) is 4.57 Å². The number of aryl methyl sites for hydroxylation is 2. The SMILES string of the molecule is CCNc1nc2cc(C)c(C)cc2n1CC#N. The van der Waals surface area contributed by atoms with E-state index in [9.17, 15) is 0 Å². The van der Waals surface area contributed by atoms with Gasteiger partial charge in [-0.15, -0.1) is 0 Å². The molecule has 1 heterocycles. The monoisotopic (exact) mass is 228 g/mol. The first-order valence-electron chi connectivity index (χ1n) is 5.75. The van der Waals surface area contributed by atoms with Gasteiger partial charge >= 0.3 is 0 Å². The maximum atomic E-state index is 8.89. The molecule has 0 aliphatic carbocycles. The Balaban J connectivity index is 2.67. The molecule has 0 atom stereocenters. The third-order valence-electron chi connectivity index (χ3n) is 2.93. The summed E-state index contributed by atoms with van der Waals surface area (Å²) in [6.45, 7) is 7.29. The van der Waals surface area contributed by atoms with Crippen molar-refractivity contribution in [2.24, 2.45) is 0 Å². The van der Waals surface area contributed by atoms with Crippen LogP contribution in [-0.2, 0) is 6.54 Å². The molecule has 0 amide bonds. The average Bonchev–Trinajstić information content (AvgIpc) is 2.59. The Morgan fingerprint density at radius 3 is 2.71 bits per heavy atom. The highest BCUT2D eigenvalue weighted by Crippen LogP contribution is 2.23. The molecule has 0 spiro atoms. The van der Waals surface area contributed by atoms with E-state index in [1.165, 1.54) is 11.1 Å². The molecule has 2 aromatic rings. The lowest BCUT2D eigenvalue weighted by Gasteiger charge is -2.05. The Bertz CT molecular complexity index is 589. The summed E-state index contributed by atoms with van der Waals surface area (Å²) >= 11 is 0. The number of benzene rings is 1. The summed E-state index contributed by atoms with van der Waals surface area (Å²) in [7, 11) is 0. The van der Waals surface area contributed by atoms with Crippen LogP contribution in [0.4, 0.5) is 5.95 Å². The smallest absolute Gasteiger partial charge is 0.204 e. The summed E-state index contributed by atoms with van der Waals surface area (Å²) < 4.78 is 1.92. The van der Waals surface area contributed by atoms with Crippen molar-refractivity contribution in [3.05, 3.63) is 23.3 Å². The largest absolute Gasteiger partial charge is 0.356 e. The molecular weight excluding hydrogens is 212 g/mol. The van der Waals surface area contributed by atoms with Crippen molar-refractivity contribution in [2.75, 3.05) is 11.9 Å². The molecule has 0 saturated carbocycles. The average molecular weight is 228 g/mol. The fourth-order valence-electron chi connectivity index (χ4n) is 1.90. The topological polar surface area (TPSA) is 53.6 Å². The quantitative estimate of drug-likeness (QED) is 0.878. The number of nitrogens with zero attached hydrogens (tertiary/aromatic N) is 3. The maximum absolute atomic E-state index is 8.89. The van der Waals surface area contributed by atoms with Crippen LogP contribution in [0, 0.1) is 25.2 Å². The summed E-state index contributed by atoms with van der Waals surface area (Å²) in [6, 6.07) is 6.34. The molecule has 1 aromatic heterocycles. The highest BCUT2D eigenvalue weighted by atomic mass is 15.2. The minimum absolute atomic E-state index is 0.321. The van der Waals surface area contributed by atoms with Crippen molar-refractivity contribution >= 4 is 17.0 Å². The van der Waals surface area contributed by atoms with E-state index in [-0.39, 0.29) is 0 Å². The van der Waals surface area contributed by atoms with Gasteiger partial charge in [0.1, 0.15) is 6.54 Å². The van der Waals surface area contributed by atoms with Crippen LogP contribution >= 0.6 is 0 Å². The maximum Gasteiger partial charge on any atom is 0.204 e. The summed E-state index contributed by atoms with van der Waals surface area (Å²) in [6.07, 6.45) is 0. The van der Waals surface area contributed by atoms with E-state index >= 15 is 0 Å². The van der Waals surface area contributed by atoms with E-state index in [2.05, 4.69) is 42.4 Å². The summed E-state index contributed by atoms with van der Waals surface area (Å²) in [5.41, 5.74) is 4.41. The molecule has 0 unspecified atom stereocenters. The van der Waals surface area contributed by atoms with Gasteiger partial charge in [-0.2, -0.15) is 5.26 Å². The summed E-state index contributed by atoms with van der Waals surface area (Å²) in [5, 5.41) is 12.1. The molecule has 0 saturated heterocycles. The zero-order valence-corrected chi connectivity index (χ0v) is 10.4. The standard InChI is InChI=1S/C13H16N4/c1-4-15-13-16-11-7-9(2)10(3)8-12(11)17(13)6-5-14/h7-8H,4,6H2,1-3H3,(H,15,16). The Kier molecular flexibility index (Phi) is 3.01. The second-order valence-electron chi connectivity index (χ2n) is 4.14. The van der Waals surface area contributed by atoms with E-state index < -0.39 is 0 Å². The molecule has 0 bridgehead atoms. The lowest BCUT2D eigenvalue weighted by atomic mass is 10.1. The summed E-state index contributed by atoms with van der Waals surface area (Å²) in [4.78, 5) is 4.52.